The van der Waals surface area contributed by atoms with Gasteiger partial charge in [-0.1, -0.05) is 62.4 Å². The highest BCUT2D eigenvalue weighted by atomic mass is 32.1. The first-order valence-electron chi connectivity index (χ1n) is 11.0. The second-order valence-corrected chi connectivity index (χ2v) is 9.13. The molecule has 4 amide bonds. The van der Waals surface area contributed by atoms with E-state index in [1.165, 1.54) is 12.5 Å². The Morgan fingerprint density at radius 2 is 1.94 bits per heavy atom. The second kappa shape index (κ2) is 10.1. The number of thiazole rings is 1. The summed E-state index contributed by atoms with van der Waals surface area (Å²) in [5.74, 6) is -1.31. The first kappa shape index (κ1) is 22.9. The number of imide groups is 1. The van der Waals surface area contributed by atoms with Crippen molar-refractivity contribution in [2.45, 2.75) is 50.6 Å². The normalized spacial score (nSPS) is 19.8. The van der Waals surface area contributed by atoms with E-state index in [4.69, 9.17) is 0 Å². The number of hydrogen-bond acceptors (Lipinski definition) is 7. The maximum atomic E-state index is 13.3. The zero-order chi connectivity index (χ0) is 23.4. The minimum absolute atomic E-state index is 0.0840. The molecule has 2 N–H and O–H groups in total. The van der Waals surface area contributed by atoms with E-state index in [0.29, 0.717) is 12.0 Å². The van der Waals surface area contributed by atoms with Crippen LogP contribution in [0.4, 0.5) is 9.93 Å². The molecule has 2 unspecified atom stereocenters. The number of carbonyl (C=O) groups excluding carboxylic acids is 4. The van der Waals surface area contributed by atoms with Gasteiger partial charge in [-0.05, 0) is 17.9 Å². The first-order chi connectivity index (χ1) is 16.0. The van der Waals surface area contributed by atoms with Crippen LogP contribution in [-0.4, -0.2) is 46.9 Å². The van der Waals surface area contributed by atoms with Crippen molar-refractivity contribution in [1.29, 1.82) is 0 Å². The molecule has 0 radical (unpaired) electrons. The zero-order valence-electron chi connectivity index (χ0n) is 18.3. The predicted octanol–water partition coefficient (Wildman–Crippen LogP) is 3.50. The smallest absolute Gasteiger partial charge is 0.357 e. The van der Waals surface area contributed by atoms with Crippen LogP contribution in [0.15, 0.2) is 35.7 Å². The van der Waals surface area contributed by atoms with Crippen molar-refractivity contribution < 1.29 is 23.9 Å². The van der Waals surface area contributed by atoms with Crippen molar-refractivity contribution >= 4 is 40.3 Å². The van der Waals surface area contributed by atoms with Crippen LogP contribution in [0.5, 0.6) is 0 Å². The Balaban J connectivity index is 1.57. The summed E-state index contributed by atoms with van der Waals surface area (Å²) < 4.78 is 4.65. The molecule has 0 spiro atoms. The summed E-state index contributed by atoms with van der Waals surface area (Å²) in [4.78, 5) is 56.3. The Kier molecular flexibility index (Phi) is 7.02. The Morgan fingerprint density at radius 1 is 1.21 bits per heavy atom. The number of carbonyl (C=O) groups is 4. The molecule has 1 aromatic heterocycles. The third-order valence-corrected chi connectivity index (χ3v) is 6.89. The lowest BCUT2D eigenvalue weighted by Gasteiger charge is -2.30. The predicted molar refractivity (Wildman–Crippen MR) is 122 cm³/mol. The van der Waals surface area contributed by atoms with Crippen LogP contribution in [0.25, 0.3) is 0 Å². The average molecular weight is 471 g/mol. The number of nitrogens with one attached hydrogen (secondary N) is 2. The van der Waals surface area contributed by atoms with E-state index < -0.39 is 35.9 Å². The molecule has 0 bridgehead atoms. The summed E-state index contributed by atoms with van der Waals surface area (Å²) in [7, 11) is 1.25. The minimum atomic E-state index is -0.972. The topological polar surface area (TPSA) is 118 Å². The number of hydrogen-bond donors (Lipinski definition) is 2. The van der Waals surface area contributed by atoms with Crippen LogP contribution >= 0.6 is 11.3 Å². The number of anilines is 1. The van der Waals surface area contributed by atoms with E-state index in [9.17, 15) is 19.2 Å². The molecule has 2 aliphatic rings. The molecule has 9 nitrogen and oxygen atoms in total. The fourth-order valence-corrected chi connectivity index (χ4v) is 5.13. The van der Waals surface area contributed by atoms with Gasteiger partial charge in [-0.3, -0.25) is 9.59 Å². The van der Waals surface area contributed by atoms with Crippen molar-refractivity contribution in [2.75, 3.05) is 12.4 Å². The lowest BCUT2D eigenvalue weighted by atomic mass is 9.84. The Bertz CT molecular complexity index is 1030. The minimum Gasteiger partial charge on any atom is -0.464 e. The molecule has 10 heteroatoms. The number of ether oxygens (including phenoxy) is 1. The third-order valence-electron chi connectivity index (χ3n) is 6.13. The van der Waals surface area contributed by atoms with E-state index >= 15 is 0 Å². The highest BCUT2D eigenvalue weighted by Gasteiger charge is 2.46. The fraction of sp³-hybridized carbons (Fsp3) is 0.435. The van der Waals surface area contributed by atoms with Crippen LogP contribution in [0.1, 0.15) is 60.6 Å². The van der Waals surface area contributed by atoms with Gasteiger partial charge in [0.25, 0.3) is 5.91 Å². The summed E-state index contributed by atoms with van der Waals surface area (Å²) in [5.41, 5.74) is 0.749. The van der Waals surface area contributed by atoms with Crippen LogP contribution in [-0.2, 0) is 14.3 Å². The van der Waals surface area contributed by atoms with E-state index in [1.54, 1.807) is 24.3 Å². The lowest BCUT2D eigenvalue weighted by molar-refractivity contribution is -0.134. The number of rotatable bonds is 7. The molecule has 1 saturated heterocycles. The molecular weight excluding hydrogens is 444 g/mol. The molecule has 1 saturated carbocycles. The third kappa shape index (κ3) is 5.05. The maximum absolute atomic E-state index is 13.3. The van der Waals surface area contributed by atoms with Crippen molar-refractivity contribution in [1.82, 2.24) is 15.2 Å². The van der Waals surface area contributed by atoms with Crippen molar-refractivity contribution in [2.24, 2.45) is 5.92 Å². The molecule has 174 valence electrons. The largest absolute Gasteiger partial charge is 0.464 e. The SMILES string of the molecule is COC(=O)c1csc(NC(=O)C(CC2CCCCC2)N2C(=O)NC(c3ccccc3)C2=O)n1. The number of methoxy groups -OCH3 is 1. The van der Waals surface area contributed by atoms with E-state index in [0.717, 1.165) is 48.3 Å². The number of amides is 4. The quantitative estimate of drug-likeness (QED) is 0.472. The van der Waals surface area contributed by atoms with E-state index in [-0.39, 0.29) is 16.7 Å². The van der Waals surface area contributed by atoms with Gasteiger partial charge < -0.3 is 15.4 Å². The maximum Gasteiger partial charge on any atom is 0.357 e. The molecule has 2 atom stereocenters. The molecule has 2 heterocycles. The standard InChI is InChI=1S/C23H26N4O5S/c1-32-21(30)16-13-33-22(24-16)26-19(28)17(12-14-8-4-2-5-9-14)27-20(29)18(25-23(27)31)15-10-6-3-7-11-15/h3,6-7,10-11,13-14,17-18H,2,4-5,8-9,12H2,1H3,(H,25,31)(H,24,26,28). The molecular formula is C23H26N4O5S. The van der Waals surface area contributed by atoms with Gasteiger partial charge in [0.05, 0.1) is 7.11 Å². The summed E-state index contributed by atoms with van der Waals surface area (Å²) in [6.45, 7) is 0. The molecule has 1 aromatic carbocycles. The summed E-state index contributed by atoms with van der Waals surface area (Å²) in [6, 6.07) is 6.58. The van der Waals surface area contributed by atoms with Gasteiger partial charge in [-0.2, -0.15) is 0 Å². The summed E-state index contributed by atoms with van der Waals surface area (Å²) >= 11 is 1.08. The van der Waals surface area contributed by atoms with E-state index in [2.05, 4.69) is 20.4 Å². The Morgan fingerprint density at radius 3 is 2.64 bits per heavy atom. The van der Waals surface area contributed by atoms with Gasteiger partial charge in [0.1, 0.15) is 12.1 Å². The van der Waals surface area contributed by atoms with Gasteiger partial charge in [-0.25, -0.2) is 19.5 Å². The molecule has 2 fully saturated rings. The molecule has 2 aromatic rings. The average Bonchev–Trinajstić information content (AvgIpc) is 3.42. The summed E-state index contributed by atoms with van der Waals surface area (Å²) in [5, 5.41) is 7.10. The highest BCUT2D eigenvalue weighted by Crippen LogP contribution is 2.32. The Hall–Kier alpha value is -3.27. The Labute approximate surface area is 195 Å². The lowest BCUT2D eigenvalue weighted by Crippen LogP contribution is -2.48. The van der Waals surface area contributed by atoms with Crippen molar-refractivity contribution in [3.8, 4) is 0 Å². The van der Waals surface area contributed by atoms with Crippen LogP contribution in [0.2, 0.25) is 0 Å². The molecule has 1 aliphatic heterocycles. The van der Waals surface area contributed by atoms with Crippen molar-refractivity contribution in [3.05, 3.63) is 47.0 Å². The van der Waals surface area contributed by atoms with Crippen LogP contribution < -0.4 is 10.6 Å². The van der Waals surface area contributed by atoms with Crippen molar-refractivity contribution in [3.63, 3.8) is 0 Å². The van der Waals surface area contributed by atoms with Gasteiger partial charge >= 0.3 is 12.0 Å². The fourth-order valence-electron chi connectivity index (χ4n) is 4.45. The second-order valence-electron chi connectivity index (χ2n) is 8.28. The zero-order valence-corrected chi connectivity index (χ0v) is 19.1. The molecule has 4 rings (SSSR count). The van der Waals surface area contributed by atoms with Crippen LogP contribution in [0, 0.1) is 5.92 Å². The van der Waals surface area contributed by atoms with E-state index in [1.807, 2.05) is 6.07 Å². The summed E-state index contributed by atoms with van der Waals surface area (Å²) in [6.07, 6.45) is 5.60. The van der Waals surface area contributed by atoms with Gasteiger partial charge in [0.2, 0.25) is 5.91 Å². The number of esters is 1. The number of urea groups is 1. The molecule has 1 aliphatic carbocycles. The van der Waals surface area contributed by atoms with Gasteiger partial charge in [0, 0.05) is 5.38 Å². The van der Waals surface area contributed by atoms with Crippen LogP contribution in [0.3, 0.4) is 0 Å². The van der Waals surface area contributed by atoms with Gasteiger partial charge in [-0.15, -0.1) is 11.3 Å². The number of aromatic nitrogens is 1. The number of benzene rings is 1. The first-order valence-corrected chi connectivity index (χ1v) is 11.9. The van der Waals surface area contributed by atoms with Gasteiger partial charge in [0.15, 0.2) is 10.8 Å². The molecule has 33 heavy (non-hydrogen) atoms. The monoisotopic (exact) mass is 470 g/mol. The number of nitrogens with zero attached hydrogens (tertiary/aromatic N) is 2. The highest BCUT2D eigenvalue weighted by molar-refractivity contribution is 7.14.